The number of benzene rings is 2. The summed E-state index contributed by atoms with van der Waals surface area (Å²) in [7, 11) is -2.47. The molecule has 0 radical (unpaired) electrons. The minimum absolute atomic E-state index is 0.00131. The van der Waals surface area contributed by atoms with Gasteiger partial charge in [-0.3, -0.25) is 9.52 Å². The Morgan fingerprint density at radius 1 is 1.03 bits per heavy atom. The van der Waals surface area contributed by atoms with Gasteiger partial charge in [-0.25, -0.2) is 13.4 Å². The van der Waals surface area contributed by atoms with Crippen LogP contribution in [0, 0.1) is 0 Å². The molecule has 0 fully saturated rings. The molecule has 3 rings (SSSR count). The average Bonchev–Trinajstić information content (AvgIpc) is 2.70. The first-order chi connectivity index (χ1) is 13.8. The molecule has 0 aliphatic rings. The van der Waals surface area contributed by atoms with E-state index < -0.39 is 10.0 Å². The second-order valence-electron chi connectivity index (χ2n) is 5.74. The van der Waals surface area contributed by atoms with Crippen LogP contribution in [0.3, 0.4) is 0 Å². The van der Waals surface area contributed by atoms with Crippen molar-refractivity contribution in [2.75, 3.05) is 11.8 Å². The first-order valence-corrected chi connectivity index (χ1v) is 10.5. The summed E-state index contributed by atoms with van der Waals surface area (Å²) >= 11 is 11.8. The molecule has 1 aromatic heterocycles. The number of rotatable bonds is 6. The number of halogens is 2. The van der Waals surface area contributed by atoms with Crippen LogP contribution in [-0.4, -0.2) is 26.4 Å². The van der Waals surface area contributed by atoms with E-state index in [0.717, 1.165) is 0 Å². The summed E-state index contributed by atoms with van der Waals surface area (Å²) < 4.78 is 33.6. The molecule has 0 saturated carbocycles. The summed E-state index contributed by atoms with van der Waals surface area (Å²) in [6.07, 6.45) is 1.31. The van der Waals surface area contributed by atoms with E-state index in [1.807, 2.05) is 0 Å². The smallest absolute Gasteiger partial charge is 0.262 e. The molecule has 2 aromatic carbocycles. The number of amides is 1. The number of para-hydroxylation sites is 1. The monoisotopic (exact) mass is 451 g/mol. The number of nitrogens with zero attached hydrogens (tertiary/aromatic N) is 1. The van der Waals surface area contributed by atoms with Gasteiger partial charge in [0.2, 0.25) is 5.88 Å². The van der Waals surface area contributed by atoms with Crippen molar-refractivity contribution in [1.82, 2.24) is 10.3 Å². The highest BCUT2D eigenvalue weighted by Crippen LogP contribution is 2.33. The molecule has 0 spiro atoms. The Kier molecular flexibility index (Phi) is 6.26. The number of ether oxygens (including phenoxy) is 1. The maximum absolute atomic E-state index is 12.7. The summed E-state index contributed by atoms with van der Waals surface area (Å²) in [5.41, 5.74) is 0.275. The Bertz CT molecular complexity index is 1150. The average molecular weight is 452 g/mol. The molecular weight excluding hydrogens is 437 g/mol. The normalized spacial score (nSPS) is 11.0. The third kappa shape index (κ3) is 4.97. The molecule has 10 heteroatoms. The fourth-order valence-corrected chi connectivity index (χ4v) is 3.71. The summed E-state index contributed by atoms with van der Waals surface area (Å²) in [6.45, 7) is 0. The number of aromatic nitrogens is 1. The summed E-state index contributed by atoms with van der Waals surface area (Å²) in [5, 5.41) is 3.12. The van der Waals surface area contributed by atoms with E-state index in [1.165, 1.54) is 43.6 Å². The lowest BCUT2D eigenvalue weighted by Crippen LogP contribution is -2.18. The van der Waals surface area contributed by atoms with Crippen LogP contribution in [0.2, 0.25) is 10.0 Å². The third-order valence-electron chi connectivity index (χ3n) is 3.75. The van der Waals surface area contributed by atoms with Crippen molar-refractivity contribution in [3.8, 4) is 11.6 Å². The van der Waals surface area contributed by atoms with Crippen LogP contribution in [0.4, 0.5) is 5.69 Å². The predicted octanol–water partition coefficient (Wildman–Crippen LogP) is 4.34. The zero-order valence-electron chi connectivity index (χ0n) is 15.0. The summed E-state index contributed by atoms with van der Waals surface area (Å²) in [5.74, 6) is -0.227. The van der Waals surface area contributed by atoms with E-state index in [1.54, 1.807) is 24.3 Å². The van der Waals surface area contributed by atoms with Crippen molar-refractivity contribution in [1.29, 1.82) is 0 Å². The fourth-order valence-electron chi connectivity index (χ4n) is 2.38. The Balaban J connectivity index is 1.97. The van der Waals surface area contributed by atoms with Crippen molar-refractivity contribution in [3.05, 3.63) is 76.4 Å². The molecular formula is C19H15Cl2N3O4S. The quantitative estimate of drug-likeness (QED) is 0.580. The molecule has 1 heterocycles. The highest BCUT2D eigenvalue weighted by molar-refractivity contribution is 7.92. The minimum atomic E-state index is -3.96. The van der Waals surface area contributed by atoms with Gasteiger partial charge in [0.25, 0.3) is 15.9 Å². The number of hydrogen-bond donors (Lipinski definition) is 2. The van der Waals surface area contributed by atoms with Crippen LogP contribution in [0.15, 0.2) is 65.7 Å². The van der Waals surface area contributed by atoms with Crippen molar-refractivity contribution in [2.45, 2.75) is 4.90 Å². The molecule has 0 aliphatic heterocycles. The second kappa shape index (κ2) is 8.69. The van der Waals surface area contributed by atoms with Crippen molar-refractivity contribution in [2.24, 2.45) is 0 Å². The molecule has 0 saturated heterocycles. The van der Waals surface area contributed by atoms with Crippen LogP contribution in [-0.2, 0) is 10.0 Å². The molecule has 2 N–H and O–H groups in total. The Labute approximate surface area is 177 Å². The molecule has 0 bridgehead atoms. The zero-order valence-corrected chi connectivity index (χ0v) is 17.3. The van der Waals surface area contributed by atoms with E-state index in [2.05, 4.69) is 15.0 Å². The van der Waals surface area contributed by atoms with Crippen LogP contribution >= 0.6 is 23.2 Å². The van der Waals surface area contributed by atoms with Crippen LogP contribution < -0.4 is 14.8 Å². The number of nitrogens with one attached hydrogen (secondary N) is 2. The topological polar surface area (TPSA) is 97.4 Å². The molecule has 7 nitrogen and oxygen atoms in total. The lowest BCUT2D eigenvalue weighted by Gasteiger charge is -2.14. The minimum Gasteiger partial charge on any atom is -0.436 e. The number of carbonyl (C=O) groups excluding carboxylic acids is 1. The van der Waals surface area contributed by atoms with E-state index in [0.29, 0.717) is 5.02 Å². The Hall–Kier alpha value is -2.81. The van der Waals surface area contributed by atoms with Gasteiger partial charge in [-0.1, -0.05) is 35.3 Å². The van der Waals surface area contributed by atoms with E-state index in [-0.39, 0.29) is 38.7 Å². The fraction of sp³-hybridized carbons (Fsp3) is 0.0526. The highest BCUT2D eigenvalue weighted by atomic mass is 35.5. The van der Waals surface area contributed by atoms with E-state index in [4.69, 9.17) is 27.9 Å². The van der Waals surface area contributed by atoms with Gasteiger partial charge in [0.1, 0.15) is 11.4 Å². The molecule has 0 aliphatic carbocycles. The predicted molar refractivity (Wildman–Crippen MR) is 111 cm³/mol. The van der Waals surface area contributed by atoms with Crippen LogP contribution in [0.25, 0.3) is 0 Å². The molecule has 3 aromatic rings. The van der Waals surface area contributed by atoms with Gasteiger partial charge in [-0.15, -0.1) is 0 Å². The number of hydrogen-bond acceptors (Lipinski definition) is 5. The van der Waals surface area contributed by atoms with E-state index in [9.17, 15) is 13.2 Å². The number of carbonyl (C=O) groups is 1. The van der Waals surface area contributed by atoms with Crippen molar-refractivity contribution < 1.29 is 17.9 Å². The largest absolute Gasteiger partial charge is 0.436 e. The van der Waals surface area contributed by atoms with Crippen LogP contribution in [0.5, 0.6) is 11.6 Å². The summed E-state index contributed by atoms with van der Waals surface area (Å²) in [4.78, 5) is 16.1. The van der Waals surface area contributed by atoms with Gasteiger partial charge in [-0.05, 0) is 42.5 Å². The lowest BCUT2D eigenvalue weighted by molar-refractivity contribution is 0.0960. The number of sulfonamides is 1. The first-order valence-electron chi connectivity index (χ1n) is 8.23. The molecule has 0 unspecified atom stereocenters. The van der Waals surface area contributed by atoms with Gasteiger partial charge in [-0.2, -0.15) is 0 Å². The molecule has 29 heavy (non-hydrogen) atoms. The lowest BCUT2D eigenvalue weighted by atomic mass is 10.2. The van der Waals surface area contributed by atoms with Crippen molar-refractivity contribution >= 4 is 44.8 Å². The SMILES string of the molecule is CNC(=O)c1ccccc1Oc1ncc(Cl)cc1NS(=O)(=O)c1ccc(Cl)cc1. The molecule has 150 valence electrons. The second-order valence-corrected chi connectivity index (χ2v) is 8.30. The highest BCUT2D eigenvalue weighted by Gasteiger charge is 2.20. The van der Waals surface area contributed by atoms with Crippen LogP contribution in [0.1, 0.15) is 10.4 Å². The Morgan fingerprint density at radius 2 is 1.72 bits per heavy atom. The third-order valence-corrected chi connectivity index (χ3v) is 5.59. The van der Waals surface area contributed by atoms with Gasteiger partial charge < -0.3 is 10.1 Å². The molecule has 0 atom stereocenters. The first kappa shape index (κ1) is 20.9. The van der Waals surface area contributed by atoms with Gasteiger partial charge in [0.05, 0.1) is 15.5 Å². The Morgan fingerprint density at radius 3 is 2.41 bits per heavy atom. The molecule has 1 amide bonds. The summed E-state index contributed by atoms with van der Waals surface area (Å²) in [6, 6.07) is 13.5. The van der Waals surface area contributed by atoms with Crippen molar-refractivity contribution in [3.63, 3.8) is 0 Å². The number of anilines is 1. The maximum Gasteiger partial charge on any atom is 0.262 e. The zero-order chi connectivity index (χ0) is 21.0. The van der Waals surface area contributed by atoms with E-state index >= 15 is 0 Å². The van der Waals surface area contributed by atoms with Gasteiger partial charge in [0.15, 0.2) is 0 Å². The number of pyridine rings is 1. The van der Waals surface area contributed by atoms with Gasteiger partial charge in [0, 0.05) is 18.3 Å². The van der Waals surface area contributed by atoms with Gasteiger partial charge >= 0.3 is 0 Å². The maximum atomic E-state index is 12.7. The standard InChI is InChI=1S/C19H15Cl2N3O4S/c1-22-18(25)15-4-2-3-5-17(15)28-19-16(10-13(21)11-23-19)24-29(26,27)14-8-6-12(20)7-9-14/h2-11,24H,1H3,(H,22,25).